The molecule has 1 saturated heterocycles. The summed E-state index contributed by atoms with van der Waals surface area (Å²) in [5.41, 5.74) is 0.286. The van der Waals surface area contributed by atoms with Crippen LogP contribution in [0.4, 0.5) is 4.39 Å². The van der Waals surface area contributed by atoms with Crippen LogP contribution in [0.3, 0.4) is 0 Å². The minimum Gasteiger partial charge on any atom is -0.229 e. The van der Waals surface area contributed by atoms with E-state index < -0.39 is 35.8 Å². The van der Waals surface area contributed by atoms with Gasteiger partial charge in [-0.25, -0.2) is 25.9 Å². The minimum absolute atomic E-state index is 0.0815. The van der Waals surface area contributed by atoms with Crippen LogP contribution in [0.5, 0.6) is 0 Å². The van der Waals surface area contributed by atoms with E-state index in [1.165, 1.54) is 19.1 Å². The van der Waals surface area contributed by atoms with Gasteiger partial charge < -0.3 is 0 Å². The van der Waals surface area contributed by atoms with Crippen molar-refractivity contribution in [2.24, 2.45) is 0 Å². The molecule has 1 unspecified atom stereocenters. The summed E-state index contributed by atoms with van der Waals surface area (Å²) in [6.07, 6.45) is 1.80. The molecule has 1 heterocycles. The number of halogens is 1. The van der Waals surface area contributed by atoms with Crippen LogP contribution in [-0.2, 0) is 19.9 Å². The molecule has 1 atom stereocenters. The van der Waals surface area contributed by atoms with E-state index in [1.807, 2.05) is 0 Å². The van der Waals surface area contributed by atoms with E-state index in [2.05, 4.69) is 4.72 Å². The summed E-state index contributed by atoms with van der Waals surface area (Å²) in [7, 11) is -7.33. The Morgan fingerprint density at radius 1 is 1.33 bits per heavy atom. The van der Waals surface area contributed by atoms with Gasteiger partial charge in [-0.15, -0.1) is 0 Å². The zero-order chi connectivity index (χ0) is 15.7. The summed E-state index contributed by atoms with van der Waals surface area (Å²) in [5, 5.41) is -0.729. The maximum absolute atomic E-state index is 13.7. The second-order valence-corrected chi connectivity index (χ2v) is 9.33. The third-order valence-corrected chi connectivity index (χ3v) is 7.52. The third-order valence-electron chi connectivity index (χ3n) is 3.65. The van der Waals surface area contributed by atoms with Gasteiger partial charge in [0.1, 0.15) is 10.7 Å². The number of nitrogens with one attached hydrogen (secondary N) is 1. The molecule has 1 aliphatic heterocycles. The van der Waals surface area contributed by atoms with Crippen molar-refractivity contribution in [3.8, 4) is 0 Å². The molecule has 0 aliphatic carbocycles. The lowest BCUT2D eigenvalue weighted by molar-refractivity contribution is 0.527. The highest BCUT2D eigenvalue weighted by atomic mass is 32.2. The van der Waals surface area contributed by atoms with Crippen molar-refractivity contribution in [2.45, 2.75) is 36.3 Å². The fourth-order valence-corrected chi connectivity index (χ4v) is 5.77. The first kappa shape index (κ1) is 16.4. The molecule has 0 spiro atoms. The Balaban J connectivity index is 2.19. The monoisotopic (exact) mass is 335 g/mol. The average Bonchev–Trinajstić information content (AvgIpc) is 2.36. The molecule has 1 fully saturated rings. The SMILES string of the molecule is Cc1cccc(F)c1S(=O)(=O)NCC1CCCCS1(=O)=O. The highest BCUT2D eigenvalue weighted by Gasteiger charge is 2.31. The molecule has 118 valence electrons. The van der Waals surface area contributed by atoms with Crippen molar-refractivity contribution < 1.29 is 21.2 Å². The second kappa shape index (κ2) is 6.02. The van der Waals surface area contributed by atoms with Crippen molar-refractivity contribution in [3.05, 3.63) is 29.6 Å². The molecular formula is C13H18FNO4S2. The number of sulfonamides is 1. The average molecular weight is 335 g/mol. The number of sulfone groups is 1. The Bertz CT molecular complexity index is 708. The first-order valence-electron chi connectivity index (χ1n) is 6.70. The van der Waals surface area contributed by atoms with Gasteiger partial charge >= 0.3 is 0 Å². The summed E-state index contributed by atoms with van der Waals surface area (Å²) < 4.78 is 64.0. The van der Waals surface area contributed by atoms with Crippen LogP contribution in [0.15, 0.2) is 23.1 Å². The molecule has 21 heavy (non-hydrogen) atoms. The van der Waals surface area contributed by atoms with Crippen LogP contribution in [0.25, 0.3) is 0 Å². The highest BCUT2D eigenvalue weighted by molar-refractivity contribution is 7.92. The van der Waals surface area contributed by atoms with Gasteiger partial charge in [0.25, 0.3) is 0 Å². The van der Waals surface area contributed by atoms with Crippen molar-refractivity contribution in [1.82, 2.24) is 4.72 Å². The molecule has 0 bridgehead atoms. The molecule has 1 aromatic rings. The first-order valence-corrected chi connectivity index (χ1v) is 9.90. The van der Waals surface area contributed by atoms with Gasteiger partial charge in [0.15, 0.2) is 9.84 Å². The fraction of sp³-hybridized carbons (Fsp3) is 0.538. The quantitative estimate of drug-likeness (QED) is 0.901. The molecule has 0 saturated carbocycles. The number of rotatable bonds is 4. The molecule has 1 aromatic carbocycles. The van der Waals surface area contributed by atoms with E-state index in [-0.39, 0.29) is 17.9 Å². The molecule has 2 rings (SSSR count). The zero-order valence-electron chi connectivity index (χ0n) is 11.7. The highest BCUT2D eigenvalue weighted by Crippen LogP contribution is 2.21. The second-order valence-electron chi connectivity index (χ2n) is 5.22. The molecule has 0 radical (unpaired) electrons. The van der Waals surface area contributed by atoms with E-state index in [0.717, 1.165) is 12.5 Å². The summed E-state index contributed by atoms with van der Waals surface area (Å²) in [6.45, 7) is 1.29. The van der Waals surface area contributed by atoms with Gasteiger partial charge in [0.2, 0.25) is 10.0 Å². The Morgan fingerprint density at radius 2 is 2.05 bits per heavy atom. The fourth-order valence-electron chi connectivity index (χ4n) is 2.48. The van der Waals surface area contributed by atoms with E-state index in [4.69, 9.17) is 0 Å². The Labute approximate surface area is 124 Å². The molecule has 8 heteroatoms. The zero-order valence-corrected chi connectivity index (χ0v) is 13.3. The predicted octanol–water partition coefficient (Wildman–Crippen LogP) is 1.38. The lowest BCUT2D eigenvalue weighted by Gasteiger charge is -2.22. The van der Waals surface area contributed by atoms with Crippen LogP contribution in [0.2, 0.25) is 0 Å². The van der Waals surface area contributed by atoms with Crippen molar-refractivity contribution in [2.75, 3.05) is 12.3 Å². The molecule has 5 nitrogen and oxygen atoms in total. The van der Waals surface area contributed by atoms with Crippen molar-refractivity contribution >= 4 is 19.9 Å². The Kier molecular flexibility index (Phi) is 4.69. The lowest BCUT2D eigenvalue weighted by Crippen LogP contribution is -2.40. The third kappa shape index (κ3) is 3.61. The van der Waals surface area contributed by atoms with Gasteiger partial charge in [-0.05, 0) is 31.4 Å². The van der Waals surface area contributed by atoms with Crippen molar-refractivity contribution in [3.63, 3.8) is 0 Å². The first-order chi connectivity index (χ1) is 9.74. The van der Waals surface area contributed by atoms with E-state index in [9.17, 15) is 21.2 Å². The maximum Gasteiger partial charge on any atom is 0.243 e. The van der Waals surface area contributed by atoms with Crippen LogP contribution in [0.1, 0.15) is 24.8 Å². The normalized spacial score (nSPS) is 22.1. The summed E-state index contributed by atoms with van der Waals surface area (Å²) >= 11 is 0. The summed E-state index contributed by atoms with van der Waals surface area (Å²) in [5.74, 6) is -0.757. The molecule has 0 amide bonds. The van der Waals surface area contributed by atoms with E-state index in [1.54, 1.807) is 0 Å². The summed E-state index contributed by atoms with van der Waals surface area (Å²) in [6, 6.07) is 3.99. The Hall–Kier alpha value is -0.990. The van der Waals surface area contributed by atoms with Crippen LogP contribution >= 0.6 is 0 Å². The Morgan fingerprint density at radius 3 is 2.67 bits per heavy atom. The summed E-state index contributed by atoms with van der Waals surface area (Å²) in [4.78, 5) is -0.418. The minimum atomic E-state index is -4.06. The number of benzene rings is 1. The van der Waals surface area contributed by atoms with Gasteiger partial charge in [-0.3, -0.25) is 0 Å². The van der Waals surface area contributed by atoms with Gasteiger partial charge in [0, 0.05) is 6.54 Å². The predicted molar refractivity (Wildman–Crippen MR) is 77.8 cm³/mol. The van der Waals surface area contributed by atoms with Crippen molar-refractivity contribution in [1.29, 1.82) is 0 Å². The standard InChI is InChI=1S/C13H18FNO4S2/c1-10-5-4-7-12(14)13(10)21(18,19)15-9-11-6-2-3-8-20(11,16)17/h4-5,7,11,15H,2-3,6,8-9H2,1H3. The number of hydrogen-bond acceptors (Lipinski definition) is 4. The smallest absolute Gasteiger partial charge is 0.229 e. The molecular weight excluding hydrogens is 317 g/mol. The van der Waals surface area contributed by atoms with Crippen LogP contribution < -0.4 is 4.72 Å². The lowest BCUT2D eigenvalue weighted by atomic mass is 10.2. The molecule has 1 aliphatic rings. The van der Waals surface area contributed by atoms with Crippen LogP contribution in [0, 0.1) is 12.7 Å². The van der Waals surface area contributed by atoms with Crippen LogP contribution in [-0.4, -0.2) is 34.4 Å². The van der Waals surface area contributed by atoms with Gasteiger partial charge in [-0.2, -0.15) is 0 Å². The number of aryl methyl sites for hydroxylation is 1. The topological polar surface area (TPSA) is 80.3 Å². The van der Waals surface area contributed by atoms with E-state index >= 15 is 0 Å². The van der Waals surface area contributed by atoms with Gasteiger partial charge in [-0.1, -0.05) is 18.6 Å². The maximum atomic E-state index is 13.7. The number of hydrogen-bond donors (Lipinski definition) is 1. The van der Waals surface area contributed by atoms with E-state index in [0.29, 0.717) is 12.8 Å². The molecule has 1 N–H and O–H groups in total. The molecule has 0 aromatic heterocycles. The largest absolute Gasteiger partial charge is 0.243 e. The van der Waals surface area contributed by atoms with Gasteiger partial charge in [0.05, 0.1) is 11.0 Å².